The van der Waals surface area contributed by atoms with Gasteiger partial charge in [-0.3, -0.25) is 5.43 Å². The number of aromatic nitrogens is 1. The van der Waals surface area contributed by atoms with Crippen molar-refractivity contribution in [2.75, 3.05) is 10.9 Å². The molecule has 0 aliphatic carbocycles. The molecule has 80 valence electrons. The topological polar surface area (TPSA) is 60.7 Å². The van der Waals surface area contributed by atoms with Gasteiger partial charge in [-0.1, -0.05) is 29.8 Å². The van der Waals surface area contributed by atoms with E-state index in [-0.39, 0.29) is 5.15 Å². The number of rotatable bonds is 3. The third kappa shape index (κ3) is 2.24. The molecular weight excluding hydrogens is 244 g/mol. The largest absolute Gasteiger partial charge is 0.300 e. The molecule has 0 aliphatic heterocycles. The summed E-state index contributed by atoms with van der Waals surface area (Å²) in [4.78, 5) is 0. The lowest BCUT2D eigenvalue weighted by atomic mass is 10.3. The lowest BCUT2D eigenvalue weighted by Crippen LogP contribution is -2.07. The van der Waals surface area contributed by atoms with Gasteiger partial charge in [-0.2, -0.15) is 9.64 Å². The van der Waals surface area contributed by atoms with Crippen LogP contribution in [0.1, 0.15) is 5.56 Å². The van der Waals surface area contributed by atoms with Crippen LogP contribution in [0.15, 0.2) is 30.3 Å². The first-order chi connectivity index (χ1) is 7.81. The Kier molecular flexibility index (Phi) is 3.25. The Morgan fingerprint density at radius 3 is 2.69 bits per heavy atom. The molecule has 2 N–H and O–H groups in total. The molecule has 0 spiro atoms. The highest BCUT2D eigenvalue weighted by atomic mass is 35.5. The van der Waals surface area contributed by atoms with E-state index in [0.29, 0.717) is 10.6 Å². The van der Waals surface area contributed by atoms with Crippen LogP contribution in [-0.2, 0) is 0 Å². The molecule has 6 heteroatoms. The molecule has 2 rings (SSSR count). The van der Waals surface area contributed by atoms with Gasteiger partial charge in [0.25, 0.3) is 0 Å². The van der Waals surface area contributed by atoms with E-state index in [0.717, 1.165) is 17.2 Å². The normalized spacial score (nSPS) is 9.50. The van der Waals surface area contributed by atoms with Crippen LogP contribution in [0.4, 0.5) is 10.7 Å². The Hall–Kier alpha value is -1.77. The van der Waals surface area contributed by atoms with Crippen molar-refractivity contribution in [2.24, 2.45) is 0 Å². The summed E-state index contributed by atoms with van der Waals surface area (Å²) in [5.74, 6) is 0. The molecule has 0 bridgehead atoms. The first-order valence-corrected chi connectivity index (χ1v) is 5.58. The van der Waals surface area contributed by atoms with Gasteiger partial charge in [0.1, 0.15) is 16.6 Å². The number of nitrogens with one attached hydrogen (secondary N) is 2. The second-order valence-electron chi connectivity index (χ2n) is 2.91. The van der Waals surface area contributed by atoms with Crippen molar-refractivity contribution in [3.63, 3.8) is 0 Å². The van der Waals surface area contributed by atoms with E-state index in [1.165, 1.54) is 0 Å². The monoisotopic (exact) mass is 250 g/mol. The Morgan fingerprint density at radius 2 is 2.00 bits per heavy atom. The van der Waals surface area contributed by atoms with Gasteiger partial charge in [0.2, 0.25) is 0 Å². The van der Waals surface area contributed by atoms with E-state index in [4.69, 9.17) is 16.9 Å². The molecule has 0 unspecified atom stereocenters. The summed E-state index contributed by atoms with van der Waals surface area (Å²) in [6.07, 6.45) is 0. The lowest BCUT2D eigenvalue weighted by molar-refractivity contribution is 1.42. The van der Waals surface area contributed by atoms with Gasteiger partial charge in [0, 0.05) is 0 Å². The minimum absolute atomic E-state index is 0.227. The summed E-state index contributed by atoms with van der Waals surface area (Å²) in [5.41, 5.74) is 7.12. The summed E-state index contributed by atoms with van der Waals surface area (Å²) in [6.45, 7) is 0. The molecule has 0 aliphatic rings. The third-order valence-electron chi connectivity index (χ3n) is 1.86. The van der Waals surface area contributed by atoms with Crippen molar-refractivity contribution >= 4 is 33.8 Å². The first kappa shape index (κ1) is 10.7. The average molecular weight is 251 g/mol. The van der Waals surface area contributed by atoms with Crippen LogP contribution in [-0.4, -0.2) is 4.37 Å². The fourth-order valence-corrected chi connectivity index (χ4v) is 1.99. The van der Waals surface area contributed by atoms with Crippen molar-refractivity contribution in [1.82, 2.24) is 4.37 Å². The number of hydrogen-bond acceptors (Lipinski definition) is 5. The lowest BCUT2D eigenvalue weighted by Gasteiger charge is -2.06. The Balaban J connectivity index is 2.09. The smallest absolute Gasteiger partial charge is 0.162 e. The van der Waals surface area contributed by atoms with E-state index < -0.39 is 0 Å². The Bertz CT molecular complexity index is 517. The number of para-hydroxylation sites is 1. The van der Waals surface area contributed by atoms with Crippen molar-refractivity contribution in [3.05, 3.63) is 41.0 Å². The van der Waals surface area contributed by atoms with E-state index in [1.807, 2.05) is 36.4 Å². The molecule has 16 heavy (non-hydrogen) atoms. The maximum atomic E-state index is 8.85. The van der Waals surface area contributed by atoms with Crippen LogP contribution in [0.25, 0.3) is 0 Å². The minimum Gasteiger partial charge on any atom is -0.300 e. The average Bonchev–Trinajstić information content (AvgIpc) is 2.68. The SMILES string of the molecule is N#Cc1c(Cl)nsc1NNc1ccccc1. The molecule has 4 nitrogen and oxygen atoms in total. The van der Waals surface area contributed by atoms with Crippen molar-refractivity contribution in [1.29, 1.82) is 5.26 Å². The molecule has 1 aromatic heterocycles. The fraction of sp³-hybridized carbons (Fsp3) is 0. The van der Waals surface area contributed by atoms with Gasteiger partial charge >= 0.3 is 0 Å². The highest BCUT2D eigenvalue weighted by molar-refractivity contribution is 7.10. The Morgan fingerprint density at radius 1 is 1.25 bits per heavy atom. The van der Waals surface area contributed by atoms with Crippen LogP contribution in [0.2, 0.25) is 5.15 Å². The van der Waals surface area contributed by atoms with Crippen molar-refractivity contribution in [3.8, 4) is 6.07 Å². The van der Waals surface area contributed by atoms with Gasteiger partial charge in [0.15, 0.2) is 5.15 Å². The number of hydrazine groups is 1. The van der Waals surface area contributed by atoms with Gasteiger partial charge < -0.3 is 5.43 Å². The molecular formula is C10H7ClN4S. The van der Waals surface area contributed by atoms with Gasteiger partial charge in [0.05, 0.1) is 5.69 Å². The molecule has 2 aromatic rings. The van der Waals surface area contributed by atoms with Crippen LogP contribution in [0, 0.1) is 11.3 Å². The molecule has 0 radical (unpaired) electrons. The summed E-state index contributed by atoms with van der Waals surface area (Å²) in [7, 11) is 0. The second-order valence-corrected chi connectivity index (χ2v) is 4.04. The number of benzene rings is 1. The minimum atomic E-state index is 0.227. The molecule has 1 aromatic carbocycles. The molecule has 0 atom stereocenters. The number of hydrogen-bond donors (Lipinski definition) is 2. The number of anilines is 2. The van der Waals surface area contributed by atoms with E-state index in [1.54, 1.807) is 0 Å². The summed E-state index contributed by atoms with van der Waals surface area (Å²) < 4.78 is 3.88. The van der Waals surface area contributed by atoms with Crippen LogP contribution < -0.4 is 10.9 Å². The molecule has 0 saturated heterocycles. The Labute approximate surface area is 102 Å². The van der Waals surface area contributed by atoms with Crippen molar-refractivity contribution in [2.45, 2.75) is 0 Å². The van der Waals surface area contributed by atoms with E-state index >= 15 is 0 Å². The fourth-order valence-electron chi connectivity index (χ4n) is 1.10. The predicted octanol–water partition coefficient (Wildman–Crippen LogP) is 3.11. The summed E-state index contributed by atoms with van der Waals surface area (Å²) in [6, 6.07) is 11.6. The van der Waals surface area contributed by atoms with Crippen molar-refractivity contribution < 1.29 is 0 Å². The number of nitriles is 1. The van der Waals surface area contributed by atoms with E-state index in [9.17, 15) is 0 Å². The second kappa shape index (κ2) is 4.84. The molecule has 0 saturated carbocycles. The molecule has 0 fully saturated rings. The van der Waals surface area contributed by atoms with Gasteiger partial charge in [-0.25, -0.2) is 0 Å². The zero-order valence-electron chi connectivity index (χ0n) is 8.07. The molecule has 0 amide bonds. The van der Waals surface area contributed by atoms with Crippen LogP contribution in [0.3, 0.4) is 0 Å². The van der Waals surface area contributed by atoms with E-state index in [2.05, 4.69) is 15.2 Å². The first-order valence-electron chi connectivity index (χ1n) is 4.43. The number of halogens is 1. The van der Waals surface area contributed by atoms with Gasteiger partial charge in [-0.05, 0) is 23.7 Å². The maximum absolute atomic E-state index is 8.85. The third-order valence-corrected chi connectivity index (χ3v) is 2.99. The zero-order valence-corrected chi connectivity index (χ0v) is 9.64. The quantitative estimate of drug-likeness (QED) is 0.822. The maximum Gasteiger partial charge on any atom is 0.162 e. The molecule has 1 heterocycles. The highest BCUT2D eigenvalue weighted by Gasteiger charge is 2.10. The standard InChI is InChI=1S/C10H7ClN4S/c11-9-8(6-12)10(16-15-9)14-13-7-4-2-1-3-5-7/h1-5,13-14H. The van der Waals surface area contributed by atoms with Crippen LogP contribution in [0.5, 0.6) is 0 Å². The van der Waals surface area contributed by atoms with Gasteiger partial charge in [-0.15, -0.1) is 0 Å². The summed E-state index contributed by atoms with van der Waals surface area (Å²) >= 11 is 6.88. The van der Waals surface area contributed by atoms with Crippen LogP contribution >= 0.6 is 23.1 Å². The number of nitrogens with zero attached hydrogens (tertiary/aromatic N) is 2. The summed E-state index contributed by atoms with van der Waals surface area (Å²) in [5, 5.41) is 9.68. The zero-order chi connectivity index (χ0) is 11.4. The highest BCUT2D eigenvalue weighted by Crippen LogP contribution is 2.27. The predicted molar refractivity (Wildman–Crippen MR) is 65.5 cm³/mol.